The van der Waals surface area contributed by atoms with E-state index in [2.05, 4.69) is 10.1 Å². The minimum atomic E-state index is -1.04. The Balaban J connectivity index is 2.68. The fourth-order valence-corrected chi connectivity index (χ4v) is 1.54. The summed E-state index contributed by atoms with van der Waals surface area (Å²) < 4.78 is 15.5. The summed E-state index contributed by atoms with van der Waals surface area (Å²) in [7, 11) is 0. The Hall–Kier alpha value is -1.47. The molecule has 0 aliphatic heterocycles. The van der Waals surface area contributed by atoms with Crippen LogP contribution in [0.15, 0.2) is 4.52 Å². The van der Waals surface area contributed by atoms with E-state index in [9.17, 15) is 4.79 Å². The van der Waals surface area contributed by atoms with Gasteiger partial charge in [-0.1, -0.05) is 25.9 Å². The molecule has 1 aromatic heterocycles. The van der Waals surface area contributed by atoms with Crippen molar-refractivity contribution in [3.8, 4) is 0 Å². The summed E-state index contributed by atoms with van der Waals surface area (Å²) in [4.78, 5) is 14.5. The lowest BCUT2D eigenvalue weighted by Crippen LogP contribution is -2.22. The summed E-state index contributed by atoms with van der Waals surface area (Å²) in [6.07, 6.45) is -0.283. The molecule has 1 unspecified atom stereocenters. The molecule has 1 aromatic rings. The number of hydrogen-bond acceptors (Lipinski definition) is 6. The summed E-state index contributed by atoms with van der Waals surface area (Å²) in [5, 5.41) is 12.3. The highest BCUT2D eigenvalue weighted by Gasteiger charge is 2.31. The van der Waals surface area contributed by atoms with Crippen molar-refractivity contribution in [1.82, 2.24) is 10.1 Å². The Kier molecular flexibility index (Phi) is 5.44. The highest BCUT2D eigenvalue weighted by atomic mass is 16.5. The quantitative estimate of drug-likeness (QED) is 0.808. The molecule has 0 saturated heterocycles. The molecule has 108 valence electrons. The monoisotopic (exact) mass is 272 g/mol. The van der Waals surface area contributed by atoms with E-state index in [1.807, 2.05) is 27.7 Å². The van der Waals surface area contributed by atoms with E-state index in [0.29, 0.717) is 12.4 Å². The number of ether oxygens (including phenoxy) is 2. The van der Waals surface area contributed by atoms with Crippen LogP contribution in [0.1, 0.15) is 45.5 Å². The van der Waals surface area contributed by atoms with Crippen LogP contribution in [0, 0.1) is 5.41 Å². The second kappa shape index (κ2) is 6.63. The van der Waals surface area contributed by atoms with Crippen molar-refractivity contribution in [3.63, 3.8) is 0 Å². The summed E-state index contributed by atoms with van der Waals surface area (Å²) in [6.45, 7) is 8.07. The highest BCUT2D eigenvalue weighted by Crippen LogP contribution is 2.34. The summed E-state index contributed by atoms with van der Waals surface area (Å²) in [5.74, 6) is -0.352. The first-order chi connectivity index (χ1) is 8.84. The number of aliphatic carboxylic acids is 1. The van der Waals surface area contributed by atoms with Gasteiger partial charge >= 0.3 is 5.97 Å². The Morgan fingerprint density at radius 2 is 2.16 bits per heavy atom. The minimum Gasteiger partial charge on any atom is -0.480 e. The van der Waals surface area contributed by atoms with Gasteiger partial charge in [-0.2, -0.15) is 4.98 Å². The van der Waals surface area contributed by atoms with Gasteiger partial charge in [0.25, 0.3) is 5.89 Å². The SMILES string of the molecule is CCOC(c1noc(COCC(=O)O)n1)C(C)(C)C. The van der Waals surface area contributed by atoms with Crippen molar-refractivity contribution < 1.29 is 23.9 Å². The molecule has 0 bridgehead atoms. The van der Waals surface area contributed by atoms with Crippen LogP contribution in [0.4, 0.5) is 0 Å². The molecule has 1 atom stereocenters. The first-order valence-electron chi connectivity index (χ1n) is 6.08. The zero-order valence-electron chi connectivity index (χ0n) is 11.7. The van der Waals surface area contributed by atoms with Gasteiger partial charge in [-0.15, -0.1) is 0 Å². The van der Waals surface area contributed by atoms with Gasteiger partial charge in [0.1, 0.15) is 19.3 Å². The molecule has 7 nitrogen and oxygen atoms in total. The van der Waals surface area contributed by atoms with E-state index in [-0.39, 0.29) is 24.0 Å². The van der Waals surface area contributed by atoms with Crippen LogP contribution in [0.5, 0.6) is 0 Å². The Bertz CT molecular complexity index is 410. The fraction of sp³-hybridized carbons (Fsp3) is 0.750. The number of carboxylic acid groups (broad SMARTS) is 1. The van der Waals surface area contributed by atoms with Crippen LogP contribution in [0.25, 0.3) is 0 Å². The van der Waals surface area contributed by atoms with Gasteiger partial charge in [0.05, 0.1) is 0 Å². The average Bonchev–Trinajstić information content (AvgIpc) is 2.72. The molecule has 0 radical (unpaired) electrons. The highest BCUT2D eigenvalue weighted by molar-refractivity contribution is 5.67. The van der Waals surface area contributed by atoms with Gasteiger partial charge in [0, 0.05) is 6.61 Å². The predicted molar refractivity (Wildman–Crippen MR) is 65.4 cm³/mol. The Morgan fingerprint density at radius 1 is 1.47 bits per heavy atom. The molecule has 7 heteroatoms. The molecule has 0 aliphatic carbocycles. The number of carboxylic acids is 1. The van der Waals surface area contributed by atoms with E-state index in [4.69, 9.17) is 19.1 Å². The maximum absolute atomic E-state index is 10.3. The van der Waals surface area contributed by atoms with Gasteiger partial charge in [0.2, 0.25) is 5.82 Å². The van der Waals surface area contributed by atoms with Crippen molar-refractivity contribution in [1.29, 1.82) is 0 Å². The molecule has 0 saturated carbocycles. The third-order valence-electron chi connectivity index (χ3n) is 2.29. The molecule has 0 aliphatic rings. The molecule has 1 heterocycles. The fourth-order valence-electron chi connectivity index (χ4n) is 1.54. The van der Waals surface area contributed by atoms with Gasteiger partial charge < -0.3 is 19.1 Å². The maximum Gasteiger partial charge on any atom is 0.329 e. The van der Waals surface area contributed by atoms with Gasteiger partial charge in [-0.05, 0) is 12.3 Å². The molecule has 1 rings (SSSR count). The van der Waals surface area contributed by atoms with Crippen molar-refractivity contribution in [3.05, 3.63) is 11.7 Å². The lowest BCUT2D eigenvalue weighted by atomic mass is 9.88. The third kappa shape index (κ3) is 4.96. The van der Waals surface area contributed by atoms with E-state index >= 15 is 0 Å². The van der Waals surface area contributed by atoms with Gasteiger partial charge in [0.15, 0.2) is 0 Å². The van der Waals surface area contributed by atoms with Crippen molar-refractivity contribution in [2.75, 3.05) is 13.2 Å². The van der Waals surface area contributed by atoms with Crippen molar-refractivity contribution in [2.24, 2.45) is 5.41 Å². The van der Waals surface area contributed by atoms with E-state index in [1.165, 1.54) is 0 Å². The number of aromatic nitrogens is 2. The van der Waals surface area contributed by atoms with Crippen LogP contribution in [-0.2, 0) is 20.9 Å². The summed E-state index contributed by atoms with van der Waals surface area (Å²) >= 11 is 0. The standard InChI is InChI=1S/C12H20N2O5/c1-5-18-10(12(2,3)4)11-13-8(19-14-11)6-17-7-9(15)16/h10H,5-7H2,1-4H3,(H,15,16). The maximum atomic E-state index is 10.3. The molecule has 0 amide bonds. The number of nitrogens with zero attached hydrogens (tertiary/aromatic N) is 2. The van der Waals surface area contributed by atoms with Crippen molar-refractivity contribution >= 4 is 5.97 Å². The largest absolute Gasteiger partial charge is 0.480 e. The molecule has 0 fully saturated rings. The van der Waals surface area contributed by atoms with Crippen molar-refractivity contribution in [2.45, 2.75) is 40.4 Å². The smallest absolute Gasteiger partial charge is 0.329 e. The topological polar surface area (TPSA) is 94.7 Å². The number of carbonyl (C=O) groups is 1. The predicted octanol–water partition coefficient (Wildman–Crippen LogP) is 1.79. The molecule has 0 spiro atoms. The molecular formula is C12H20N2O5. The van der Waals surface area contributed by atoms with Crippen LogP contribution < -0.4 is 0 Å². The van der Waals surface area contributed by atoms with Crippen LogP contribution in [-0.4, -0.2) is 34.4 Å². The molecule has 19 heavy (non-hydrogen) atoms. The second-order valence-corrected chi connectivity index (χ2v) is 5.13. The lowest BCUT2D eigenvalue weighted by molar-refractivity contribution is -0.142. The zero-order valence-corrected chi connectivity index (χ0v) is 11.7. The number of rotatable bonds is 7. The summed E-state index contributed by atoms with van der Waals surface area (Å²) in [6, 6.07) is 0. The Labute approximate surface area is 111 Å². The summed E-state index contributed by atoms with van der Waals surface area (Å²) in [5.41, 5.74) is -0.168. The first kappa shape index (κ1) is 15.6. The van der Waals surface area contributed by atoms with Gasteiger partial charge in [-0.25, -0.2) is 4.79 Å². The lowest BCUT2D eigenvalue weighted by Gasteiger charge is -2.27. The second-order valence-electron chi connectivity index (χ2n) is 5.13. The average molecular weight is 272 g/mol. The minimum absolute atomic E-state index is 0.0255. The number of hydrogen-bond donors (Lipinski definition) is 1. The van der Waals surface area contributed by atoms with E-state index in [0.717, 1.165) is 0 Å². The zero-order chi connectivity index (χ0) is 14.5. The molecule has 0 aromatic carbocycles. The van der Waals surface area contributed by atoms with Crippen LogP contribution >= 0.6 is 0 Å². The molecular weight excluding hydrogens is 252 g/mol. The van der Waals surface area contributed by atoms with E-state index in [1.54, 1.807) is 0 Å². The van der Waals surface area contributed by atoms with Crippen LogP contribution in [0.3, 0.4) is 0 Å². The molecule has 1 N–H and O–H groups in total. The van der Waals surface area contributed by atoms with Crippen LogP contribution in [0.2, 0.25) is 0 Å². The Morgan fingerprint density at radius 3 is 2.68 bits per heavy atom. The van der Waals surface area contributed by atoms with Gasteiger partial charge in [-0.3, -0.25) is 0 Å². The van der Waals surface area contributed by atoms with E-state index < -0.39 is 12.6 Å². The normalized spacial score (nSPS) is 13.5. The first-order valence-corrected chi connectivity index (χ1v) is 6.08. The third-order valence-corrected chi connectivity index (χ3v) is 2.29.